The van der Waals surface area contributed by atoms with Crippen LogP contribution in [-0.2, 0) is 10.0 Å². The van der Waals surface area contributed by atoms with Gasteiger partial charge in [-0.2, -0.15) is 13.5 Å². The summed E-state index contributed by atoms with van der Waals surface area (Å²) in [6.07, 6.45) is 0.709. The fraction of sp³-hybridized carbons (Fsp3) is 0.222. The first-order chi connectivity index (χ1) is 12.5. The molecule has 8 heteroatoms. The Morgan fingerprint density at radius 3 is 2.58 bits per heavy atom. The highest BCUT2D eigenvalue weighted by molar-refractivity contribution is 7.90. The van der Waals surface area contributed by atoms with Crippen molar-refractivity contribution in [1.29, 1.82) is 0 Å². The number of nitrogens with one attached hydrogen (secondary N) is 1. The Balaban J connectivity index is 1.94. The highest BCUT2D eigenvalue weighted by Gasteiger charge is 2.24. The molecule has 0 aromatic heterocycles. The lowest BCUT2D eigenvalue weighted by Crippen LogP contribution is -2.37. The van der Waals surface area contributed by atoms with E-state index in [1.165, 1.54) is 12.1 Å². The lowest BCUT2D eigenvalue weighted by molar-refractivity contribution is 0.471. The molecule has 1 aliphatic heterocycles. The Labute approximate surface area is 158 Å². The fourth-order valence-electron chi connectivity index (χ4n) is 2.59. The smallest absolute Gasteiger partial charge is 0.287 e. The first-order valence-corrected chi connectivity index (χ1v) is 10.1. The summed E-state index contributed by atoms with van der Waals surface area (Å²) in [6.45, 7) is 2.94. The molecular formula is C18H19ClN4O2S. The summed E-state index contributed by atoms with van der Waals surface area (Å²) >= 11 is 6.02. The van der Waals surface area contributed by atoms with Gasteiger partial charge in [0, 0.05) is 13.0 Å². The van der Waals surface area contributed by atoms with Gasteiger partial charge in [-0.05, 0) is 24.6 Å². The molecule has 0 unspecified atom stereocenters. The van der Waals surface area contributed by atoms with Crippen LogP contribution in [0.1, 0.15) is 18.9 Å². The van der Waals surface area contributed by atoms with Crippen molar-refractivity contribution in [3.8, 4) is 0 Å². The van der Waals surface area contributed by atoms with Gasteiger partial charge in [0.1, 0.15) is 4.90 Å². The molecule has 26 heavy (non-hydrogen) atoms. The summed E-state index contributed by atoms with van der Waals surface area (Å²) in [5, 5.41) is 9.25. The van der Waals surface area contributed by atoms with Gasteiger partial charge in [-0.1, -0.05) is 54.1 Å². The van der Waals surface area contributed by atoms with Crippen LogP contribution >= 0.6 is 11.6 Å². The van der Waals surface area contributed by atoms with E-state index in [1.807, 2.05) is 37.3 Å². The third-order valence-electron chi connectivity index (χ3n) is 3.81. The predicted molar refractivity (Wildman–Crippen MR) is 104 cm³/mol. The number of benzene rings is 2. The molecule has 0 atom stereocenters. The molecule has 0 aliphatic carbocycles. The molecule has 0 saturated carbocycles. The van der Waals surface area contributed by atoms with E-state index in [1.54, 1.807) is 17.1 Å². The summed E-state index contributed by atoms with van der Waals surface area (Å²) in [4.78, 5) is -0.0245. The second-order valence-electron chi connectivity index (χ2n) is 5.64. The Hall–Kier alpha value is -2.38. The number of hydrogen-bond acceptors (Lipinski definition) is 3. The minimum absolute atomic E-state index is 0.0245. The van der Waals surface area contributed by atoms with Crippen LogP contribution in [0.2, 0.25) is 5.02 Å². The molecule has 0 spiro atoms. The number of hydrazone groups is 1. The van der Waals surface area contributed by atoms with Crippen LogP contribution in [-0.4, -0.2) is 38.2 Å². The molecule has 0 amide bonds. The Bertz CT molecular complexity index is 943. The van der Waals surface area contributed by atoms with Crippen molar-refractivity contribution in [3.05, 3.63) is 65.2 Å². The molecule has 136 valence electrons. The zero-order chi connectivity index (χ0) is 18.6. The third kappa shape index (κ3) is 4.05. The average molecular weight is 391 g/mol. The molecule has 0 fully saturated rings. The van der Waals surface area contributed by atoms with Crippen molar-refractivity contribution in [2.24, 2.45) is 9.50 Å². The topological polar surface area (TPSA) is 74.1 Å². The van der Waals surface area contributed by atoms with E-state index in [-0.39, 0.29) is 15.9 Å². The largest absolute Gasteiger partial charge is 0.354 e. The van der Waals surface area contributed by atoms with Crippen LogP contribution in [0.5, 0.6) is 0 Å². The van der Waals surface area contributed by atoms with Crippen LogP contribution in [0, 0.1) is 0 Å². The number of hydrogen-bond donors (Lipinski definition) is 1. The lowest BCUT2D eigenvalue weighted by Gasteiger charge is -2.17. The Kier molecular flexibility index (Phi) is 5.58. The quantitative estimate of drug-likeness (QED) is 0.643. The van der Waals surface area contributed by atoms with Crippen LogP contribution < -0.4 is 5.32 Å². The Morgan fingerprint density at radius 1 is 1.19 bits per heavy atom. The SMILES string of the molecule is CCN/C(=N\S(=O)(=O)c1ccccc1Cl)N1CCC(c2ccccc2)=N1. The van der Waals surface area contributed by atoms with E-state index in [0.717, 1.165) is 11.3 Å². The van der Waals surface area contributed by atoms with Crippen LogP contribution in [0.15, 0.2) is 69.0 Å². The van der Waals surface area contributed by atoms with E-state index in [4.69, 9.17) is 11.6 Å². The fourth-order valence-corrected chi connectivity index (χ4v) is 4.07. The number of sulfonamides is 1. The van der Waals surface area contributed by atoms with Crippen molar-refractivity contribution in [1.82, 2.24) is 10.3 Å². The number of guanidine groups is 1. The molecule has 2 aromatic carbocycles. The molecular weight excluding hydrogens is 372 g/mol. The van der Waals surface area contributed by atoms with Crippen LogP contribution in [0.3, 0.4) is 0 Å². The van der Waals surface area contributed by atoms with Gasteiger partial charge in [0.05, 0.1) is 17.3 Å². The van der Waals surface area contributed by atoms with E-state index in [0.29, 0.717) is 19.5 Å². The van der Waals surface area contributed by atoms with E-state index < -0.39 is 10.0 Å². The number of rotatable bonds is 4. The van der Waals surface area contributed by atoms with Crippen molar-refractivity contribution < 1.29 is 8.42 Å². The minimum Gasteiger partial charge on any atom is -0.354 e. The van der Waals surface area contributed by atoms with E-state index >= 15 is 0 Å². The highest BCUT2D eigenvalue weighted by Crippen LogP contribution is 2.23. The maximum absolute atomic E-state index is 12.7. The predicted octanol–water partition coefficient (Wildman–Crippen LogP) is 3.10. The van der Waals surface area contributed by atoms with Gasteiger partial charge < -0.3 is 5.32 Å². The standard InChI is InChI=1S/C18H19ClN4O2S/c1-2-20-18(22-26(24,25)17-11-7-6-10-15(17)19)23-13-12-16(21-23)14-8-4-3-5-9-14/h3-11H,2,12-13H2,1H3,(H,20,22). The van der Waals surface area contributed by atoms with E-state index in [9.17, 15) is 8.42 Å². The zero-order valence-electron chi connectivity index (χ0n) is 14.3. The second kappa shape index (κ2) is 7.88. The summed E-state index contributed by atoms with van der Waals surface area (Å²) in [5.41, 5.74) is 1.91. The van der Waals surface area contributed by atoms with Crippen molar-refractivity contribution in [3.63, 3.8) is 0 Å². The minimum atomic E-state index is -3.95. The lowest BCUT2D eigenvalue weighted by atomic mass is 10.1. The van der Waals surface area contributed by atoms with Gasteiger partial charge in [0.2, 0.25) is 5.96 Å². The Morgan fingerprint density at radius 2 is 1.88 bits per heavy atom. The molecule has 0 radical (unpaired) electrons. The molecule has 1 aliphatic rings. The first kappa shape index (κ1) is 18.4. The van der Waals surface area contributed by atoms with Gasteiger partial charge in [-0.3, -0.25) is 0 Å². The monoisotopic (exact) mass is 390 g/mol. The molecule has 1 heterocycles. The van der Waals surface area contributed by atoms with Gasteiger partial charge in [-0.15, -0.1) is 4.40 Å². The maximum Gasteiger partial charge on any atom is 0.287 e. The number of halogens is 1. The molecule has 6 nitrogen and oxygen atoms in total. The average Bonchev–Trinajstić information content (AvgIpc) is 3.12. The normalized spacial score (nSPS) is 15.1. The summed E-state index contributed by atoms with van der Waals surface area (Å²) < 4.78 is 29.3. The van der Waals surface area contributed by atoms with E-state index in [2.05, 4.69) is 14.8 Å². The second-order valence-corrected chi connectivity index (χ2v) is 7.62. The van der Waals surface area contributed by atoms with Gasteiger partial charge in [0.25, 0.3) is 10.0 Å². The molecule has 2 aromatic rings. The molecule has 0 saturated heterocycles. The van der Waals surface area contributed by atoms with Crippen molar-refractivity contribution >= 4 is 33.3 Å². The summed E-state index contributed by atoms with van der Waals surface area (Å²) in [6, 6.07) is 16.0. The van der Waals surface area contributed by atoms with Crippen molar-refractivity contribution in [2.45, 2.75) is 18.2 Å². The van der Waals surface area contributed by atoms with Crippen LogP contribution in [0.4, 0.5) is 0 Å². The maximum atomic E-state index is 12.7. The van der Waals surface area contributed by atoms with Gasteiger partial charge in [-0.25, -0.2) is 5.01 Å². The van der Waals surface area contributed by atoms with Crippen molar-refractivity contribution in [2.75, 3.05) is 13.1 Å². The van der Waals surface area contributed by atoms with Crippen LogP contribution in [0.25, 0.3) is 0 Å². The van der Waals surface area contributed by atoms with Gasteiger partial charge in [0.15, 0.2) is 0 Å². The zero-order valence-corrected chi connectivity index (χ0v) is 15.8. The molecule has 1 N–H and O–H groups in total. The summed E-state index contributed by atoms with van der Waals surface area (Å²) in [5.74, 6) is 0.193. The molecule has 3 rings (SSSR count). The molecule has 0 bridgehead atoms. The third-order valence-corrected chi connectivity index (χ3v) is 5.58. The first-order valence-electron chi connectivity index (χ1n) is 8.25. The summed E-state index contributed by atoms with van der Waals surface area (Å²) in [7, 11) is -3.95. The number of nitrogens with zero attached hydrogens (tertiary/aromatic N) is 3. The highest BCUT2D eigenvalue weighted by atomic mass is 35.5. The van der Waals surface area contributed by atoms with Gasteiger partial charge >= 0.3 is 0 Å².